The summed E-state index contributed by atoms with van der Waals surface area (Å²) in [6.07, 6.45) is 3.46. The van der Waals surface area contributed by atoms with Gasteiger partial charge in [-0.25, -0.2) is 14.2 Å². The highest BCUT2D eigenvalue weighted by atomic mass is 35.5. The molecule has 0 aliphatic carbocycles. The van der Waals surface area contributed by atoms with Gasteiger partial charge in [0.15, 0.2) is 0 Å². The zero-order valence-electron chi connectivity index (χ0n) is 24.2. The maximum atomic E-state index is 14.2. The summed E-state index contributed by atoms with van der Waals surface area (Å²) in [7, 11) is 0. The van der Waals surface area contributed by atoms with Crippen molar-refractivity contribution in [1.82, 2.24) is 19.8 Å². The zero-order valence-corrected chi connectivity index (χ0v) is 25.0. The molecule has 4 rings (SSSR count). The van der Waals surface area contributed by atoms with E-state index in [0.717, 1.165) is 50.5 Å². The lowest BCUT2D eigenvalue weighted by Gasteiger charge is -2.36. The molecule has 0 atom stereocenters. The number of benzene rings is 1. The fourth-order valence-electron chi connectivity index (χ4n) is 4.52. The van der Waals surface area contributed by atoms with Gasteiger partial charge in [0.05, 0.1) is 11.8 Å². The first kappa shape index (κ1) is 31.5. The quantitative estimate of drug-likeness (QED) is 0.269. The van der Waals surface area contributed by atoms with Crippen LogP contribution in [0.3, 0.4) is 0 Å². The number of pyridine rings is 2. The summed E-state index contributed by atoms with van der Waals surface area (Å²) in [5, 5.41) is 0.446. The second-order valence-corrected chi connectivity index (χ2v) is 10.2. The maximum Gasteiger partial charge on any atom is 0.342 e. The van der Waals surface area contributed by atoms with Crippen molar-refractivity contribution < 1.29 is 13.9 Å². The Morgan fingerprint density at radius 2 is 1.80 bits per heavy atom. The van der Waals surface area contributed by atoms with Crippen LogP contribution in [0.25, 0.3) is 0 Å². The molecule has 0 amide bonds. The molecule has 1 aromatic carbocycles. The third-order valence-electron chi connectivity index (χ3n) is 6.59. The minimum absolute atomic E-state index is 0.178. The topological polar surface area (TPSA) is 61.8 Å². The molecule has 1 fully saturated rings. The Labute approximate surface area is 242 Å². The number of ether oxygens (including phenoxy) is 1. The van der Waals surface area contributed by atoms with E-state index in [2.05, 4.69) is 30.7 Å². The van der Waals surface area contributed by atoms with Crippen LogP contribution in [0.4, 0.5) is 10.2 Å². The smallest absolute Gasteiger partial charge is 0.342 e. The van der Waals surface area contributed by atoms with E-state index in [4.69, 9.17) is 16.3 Å². The number of hydrogen-bond donors (Lipinski definition) is 0. The van der Waals surface area contributed by atoms with Gasteiger partial charge in [0.1, 0.15) is 17.2 Å². The third-order valence-corrected chi connectivity index (χ3v) is 6.94. The average molecular weight is 570 g/mol. The van der Waals surface area contributed by atoms with Crippen molar-refractivity contribution in [3.63, 3.8) is 0 Å². The predicted octanol–water partition coefficient (Wildman–Crippen LogP) is 6.20. The molecule has 2 aromatic heterocycles. The lowest BCUT2D eigenvalue weighted by molar-refractivity contribution is 0.0378. The van der Waals surface area contributed by atoms with Crippen LogP contribution in [-0.2, 0) is 24.4 Å². The largest absolute Gasteiger partial charge is 0.459 e. The Balaban J connectivity index is 0.00000216. The van der Waals surface area contributed by atoms with E-state index in [-0.39, 0.29) is 17.9 Å². The number of rotatable bonds is 10. The number of esters is 1. The van der Waals surface area contributed by atoms with Crippen molar-refractivity contribution in [2.75, 3.05) is 37.6 Å². The minimum atomic E-state index is -0.338. The molecule has 0 radical (unpaired) electrons. The molecular weight excluding hydrogens is 529 g/mol. The molecule has 3 aromatic rings. The predicted molar refractivity (Wildman–Crippen MR) is 159 cm³/mol. The summed E-state index contributed by atoms with van der Waals surface area (Å²) >= 11 is 6.22. The fourth-order valence-corrected chi connectivity index (χ4v) is 4.74. The number of anilines is 1. The Morgan fingerprint density at radius 1 is 1.05 bits per heavy atom. The van der Waals surface area contributed by atoms with Gasteiger partial charge < -0.3 is 9.64 Å². The Hall–Kier alpha value is -3.07. The number of carbonyl (C=O) groups is 1. The van der Waals surface area contributed by atoms with Crippen LogP contribution in [0.5, 0.6) is 0 Å². The molecule has 1 aliphatic rings. The standard InChI is InChI=1S/C29H35ClFN5O2.C2H6/c1-4-34(20-25-26(30)8-5-9-27(25)31)19-23-11-10-22(17-33-23)18-35-13-15-36(16-14-35)28-24(7-6-12-32-28)29(37)38-21(2)3;1-2/h5-12,17,21H,4,13-16,18-20H2,1-3H3;1-2H3. The lowest BCUT2D eigenvalue weighted by Crippen LogP contribution is -2.46. The first-order chi connectivity index (χ1) is 19.3. The lowest BCUT2D eigenvalue weighted by atomic mass is 10.1. The molecule has 1 aliphatic heterocycles. The van der Waals surface area contributed by atoms with E-state index in [9.17, 15) is 9.18 Å². The van der Waals surface area contributed by atoms with Gasteiger partial charge in [-0.05, 0) is 56.3 Å². The van der Waals surface area contributed by atoms with Gasteiger partial charge in [-0.2, -0.15) is 0 Å². The number of carbonyl (C=O) groups excluding carboxylic acids is 1. The molecule has 0 N–H and O–H groups in total. The second-order valence-electron chi connectivity index (χ2n) is 9.75. The van der Waals surface area contributed by atoms with Crippen molar-refractivity contribution in [2.24, 2.45) is 0 Å². The summed E-state index contributed by atoms with van der Waals surface area (Å²) in [4.78, 5) is 28.3. The number of hydrogen-bond acceptors (Lipinski definition) is 7. The summed E-state index contributed by atoms with van der Waals surface area (Å²) in [5.74, 6) is 0.0606. The highest BCUT2D eigenvalue weighted by molar-refractivity contribution is 6.31. The number of nitrogens with zero attached hydrogens (tertiary/aromatic N) is 5. The van der Waals surface area contributed by atoms with Crippen LogP contribution in [0, 0.1) is 5.82 Å². The van der Waals surface area contributed by atoms with E-state index < -0.39 is 0 Å². The van der Waals surface area contributed by atoms with Crippen LogP contribution in [0.1, 0.15) is 61.8 Å². The van der Waals surface area contributed by atoms with Crippen LogP contribution in [0.2, 0.25) is 5.02 Å². The first-order valence-electron chi connectivity index (χ1n) is 14.1. The molecule has 40 heavy (non-hydrogen) atoms. The molecular formula is C31H41ClFN5O2. The first-order valence-corrected chi connectivity index (χ1v) is 14.4. The molecule has 1 saturated heterocycles. The van der Waals surface area contributed by atoms with E-state index in [0.29, 0.717) is 35.1 Å². The number of halogens is 2. The normalized spacial score (nSPS) is 13.8. The minimum Gasteiger partial charge on any atom is -0.459 e. The Morgan fingerprint density at radius 3 is 2.42 bits per heavy atom. The highest BCUT2D eigenvalue weighted by Gasteiger charge is 2.24. The van der Waals surface area contributed by atoms with Crippen molar-refractivity contribution in [2.45, 2.75) is 60.4 Å². The van der Waals surface area contributed by atoms with Gasteiger partial charge in [-0.15, -0.1) is 0 Å². The van der Waals surface area contributed by atoms with Crippen molar-refractivity contribution in [3.05, 3.63) is 88.1 Å². The summed E-state index contributed by atoms with van der Waals surface area (Å²) in [5.41, 5.74) is 3.10. The molecule has 216 valence electrons. The number of aromatic nitrogens is 2. The van der Waals surface area contributed by atoms with E-state index >= 15 is 0 Å². The molecule has 0 saturated carbocycles. The Bertz CT molecular complexity index is 1200. The van der Waals surface area contributed by atoms with Crippen molar-refractivity contribution >= 4 is 23.4 Å². The van der Waals surface area contributed by atoms with Gasteiger partial charge in [0, 0.05) is 68.8 Å². The van der Waals surface area contributed by atoms with Crippen molar-refractivity contribution in [1.29, 1.82) is 0 Å². The van der Waals surface area contributed by atoms with E-state index in [1.54, 1.807) is 30.5 Å². The van der Waals surface area contributed by atoms with Crippen LogP contribution in [0.15, 0.2) is 54.9 Å². The summed E-state index contributed by atoms with van der Waals surface area (Å²) in [6.45, 7) is 15.6. The fraction of sp³-hybridized carbons (Fsp3) is 0.452. The second kappa shape index (κ2) is 15.6. The highest BCUT2D eigenvalue weighted by Crippen LogP contribution is 2.23. The Kier molecular flexibility index (Phi) is 12.3. The van der Waals surface area contributed by atoms with Gasteiger partial charge in [-0.3, -0.25) is 14.8 Å². The van der Waals surface area contributed by atoms with Gasteiger partial charge in [-0.1, -0.05) is 44.5 Å². The SMILES string of the molecule is CC.CCN(Cc1ccc(CN2CCN(c3ncccc3C(=O)OC(C)C)CC2)cn1)Cc1c(F)cccc1Cl. The van der Waals surface area contributed by atoms with Crippen LogP contribution < -0.4 is 4.90 Å². The number of piperazine rings is 1. The zero-order chi connectivity index (χ0) is 29.1. The van der Waals surface area contributed by atoms with Crippen LogP contribution >= 0.6 is 11.6 Å². The summed E-state index contributed by atoms with van der Waals surface area (Å²) < 4.78 is 19.6. The monoisotopic (exact) mass is 569 g/mol. The van der Waals surface area contributed by atoms with E-state index in [1.165, 1.54) is 6.07 Å². The van der Waals surface area contributed by atoms with Gasteiger partial charge >= 0.3 is 5.97 Å². The molecule has 3 heterocycles. The molecule has 9 heteroatoms. The van der Waals surface area contributed by atoms with E-state index in [1.807, 2.05) is 46.9 Å². The molecule has 0 unspecified atom stereocenters. The summed E-state index contributed by atoms with van der Waals surface area (Å²) in [6, 6.07) is 12.5. The third kappa shape index (κ3) is 8.71. The van der Waals surface area contributed by atoms with Gasteiger partial charge in [0.2, 0.25) is 0 Å². The maximum absolute atomic E-state index is 14.2. The molecule has 7 nitrogen and oxygen atoms in total. The van der Waals surface area contributed by atoms with Crippen molar-refractivity contribution in [3.8, 4) is 0 Å². The van der Waals surface area contributed by atoms with Crippen LogP contribution in [-0.4, -0.2) is 64.6 Å². The molecule has 0 bridgehead atoms. The average Bonchev–Trinajstić information content (AvgIpc) is 2.96. The van der Waals surface area contributed by atoms with Gasteiger partial charge in [0.25, 0.3) is 0 Å². The molecule has 0 spiro atoms.